The summed E-state index contributed by atoms with van der Waals surface area (Å²) >= 11 is 0. The van der Waals surface area contributed by atoms with E-state index in [9.17, 15) is 4.79 Å². The summed E-state index contributed by atoms with van der Waals surface area (Å²) in [6.07, 6.45) is 10.6. The Morgan fingerprint density at radius 1 is 1.10 bits per heavy atom. The Balaban J connectivity index is 0.00000161. The van der Waals surface area contributed by atoms with Crippen LogP contribution < -0.4 is 10.6 Å². The van der Waals surface area contributed by atoms with Gasteiger partial charge in [0.15, 0.2) is 0 Å². The highest BCUT2D eigenvalue weighted by molar-refractivity contribution is 5.85. The number of carbonyl (C=O) groups is 1. The molecule has 3 aliphatic rings. The normalized spacial score (nSPS) is 35.0. The fourth-order valence-electron chi connectivity index (χ4n) is 4.43. The fourth-order valence-corrected chi connectivity index (χ4v) is 4.43. The summed E-state index contributed by atoms with van der Waals surface area (Å²) in [6, 6.07) is 1.83. The first-order valence-electron chi connectivity index (χ1n) is 8.56. The van der Waals surface area contributed by atoms with Crippen molar-refractivity contribution in [2.24, 2.45) is 11.3 Å². The van der Waals surface area contributed by atoms with Crippen molar-refractivity contribution in [3.05, 3.63) is 0 Å². The first-order chi connectivity index (χ1) is 9.50. The van der Waals surface area contributed by atoms with Gasteiger partial charge in [-0.15, -0.1) is 12.4 Å². The van der Waals surface area contributed by atoms with Crippen molar-refractivity contribution in [2.75, 3.05) is 0 Å². The molecule has 1 aliphatic carbocycles. The topological polar surface area (TPSA) is 41.1 Å². The van der Waals surface area contributed by atoms with E-state index in [4.69, 9.17) is 0 Å². The Morgan fingerprint density at radius 2 is 1.67 bits per heavy atom. The number of rotatable bonds is 3. The lowest BCUT2D eigenvalue weighted by Crippen LogP contribution is -2.42. The lowest BCUT2D eigenvalue weighted by molar-refractivity contribution is -0.123. The fraction of sp³-hybridized carbons (Fsp3) is 0.941. The van der Waals surface area contributed by atoms with Crippen LogP contribution in [-0.4, -0.2) is 24.0 Å². The largest absolute Gasteiger partial charge is 0.353 e. The maximum atomic E-state index is 12.2. The molecular weight excluding hydrogens is 284 g/mol. The molecule has 2 atom stereocenters. The van der Waals surface area contributed by atoms with Crippen LogP contribution >= 0.6 is 12.4 Å². The maximum Gasteiger partial charge on any atom is 0.220 e. The van der Waals surface area contributed by atoms with E-state index in [1.54, 1.807) is 0 Å². The first kappa shape index (κ1) is 17.1. The molecule has 1 saturated carbocycles. The maximum absolute atomic E-state index is 12.2. The minimum absolute atomic E-state index is 0. The van der Waals surface area contributed by atoms with E-state index in [1.807, 2.05) is 0 Å². The second kappa shape index (κ2) is 6.87. The van der Waals surface area contributed by atoms with Gasteiger partial charge in [0, 0.05) is 24.5 Å². The predicted octanol–water partition coefficient (Wildman–Crippen LogP) is 3.41. The zero-order valence-electron chi connectivity index (χ0n) is 13.5. The molecule has 0 aromatic carbocycles. The van der Waals surface area contributed by atoms with Gasteiger partial charge in [-0.2, -0.15) is 0 Å². The zero-order chi connectivity index (χ0) is 14.2. The van der Waals surface area contributed by atoms with Crippen molar-refractivity contribution in [3.8, 4) is 0 Å². The summed E-state index contributed by atoms with van der Waals surface area (Å²) in [7, 11) is 0. The summed E-state index contributed by atoms with van der Waals surface area (Å²) in [5.74, 6) is 0.926. The second-order valence-corrected chi connectivity index (χ2v) is 8.19. The summed E-state index contributed by atoms with van der Waals surface area (Å²) < 4.78 is 0. The molecule has 3 fully saturated rings. The zero-order valence-corrected chi connectivity index (χ0v) is 14.3. The third-order valence-corrected chi connectivity index (χ3v) is 5.75. The Kier molecular flexibility index (Phi) is 5.59. The molecule has 0 spiro atoms. The SMILES string of the molecule is CC1(C)CCC(NC(=O)CC2CC3CCC(C2)N3)CC1.Cl. The van der Waals surface area contributed by atoms with Gasteiger partial charge in [0.2, 0.25) is 5.91 Å². The molecule has 3 rings (SSSR count). The Bertz CT molecular complexity index is 350. The molecule has 1 amide bonds. The van der Waals surface area contributed by atoms with Crippen LogP contribution in [0.25, 0.3) is 0 Å². The molecule has 0 aromatic rings. The molecule has 2 unspecified atom stereocenters. The van der Waals surface area contributed by atoms with Crippen LogP contribution in [0.2, 0.25) is 0 Å². The molecule has 2 saturated heterocycles. The highest BCUT2D eigenvalue weighted by Crippen LogP contribution is 2.35. The minimum atomic E-state index is 0. The van der Waals surface area contributed by atoms with Crippen LogP contribution in [0.3, 0.4) is 0 Å². The van der Waals surface area contributed by atoms with Gasteiger partial charge in [-0.25, -0.2) is 0 Å². The molecular formula is C17H31ClN2O. The van der Waals surface area contributed by atoms with E-state index in [1.165, 1.54) is 38.5 Å². The molecule has 4 heteroatoms. The Labute approximate surface area is 135 Å². The van der Waals surface area contributed by atoms with Crippen LogP contribution in [0.4, 0.5) is 0 Å². The van der Waals surface area contributed by atoms with E-state index in [2.05, 4.69) is 24.5 Å². The van der Waals surface area contributed by atoms with E-state index in [0.717, 1.165) is 19.3 Å². The predicted molar refractivity (Wildman–Crippen MR) is 88.7 cm³/mol. The van der Waals surface area contributed by atoms with Crippen LogP contribution in [-0.2, 0) is 4.79 Å². The van der Waals surface area contributed by atoms with Gasteiger partial charge in [0.05, 0.1) is 0 Å². The van der Waals surface area contributed by atoms with Crippen LogP contribution in [0.15, 0.2) is 0 Å². The van der Waals surface area contributed by atoms with Gasteiger partial charge >= 0.3 is 0 Å². The number of nitrogens with one attached hydrogen (secondary N) is 2. The first-order valence-corrected chi connectivity index (χ1v) is 8.56. The summed E-state index contributed by atoms with van der Waals surface area (Å²) in [4.78, 5) is 12.2. The number of hydrogen-bond donors (Lipinski definition) is 2. The van der Waals surface area contributed by atoms with Gasteiger partial charge in [-0.3, -0.25) is 4.79 Å². The van der Waals surface area contributed by atoms with Crippen molar-refractivity contribution in [1.29, 1.82) is 0 Å². The van der Waals surface area contributed by atoms with Gasteiger partial charge in [-0.05, 0) is 62.7 Å². The van der Waals surface area contributed by atoms with Crippen molar-refractivity contribution < 1.29 is 4.79 Å². The molecule has 21 heavy (non-hydrogen) atoms. The third kappa shape index (κ3) is 4.59. The number of amides is 1. The number of halogens is 1. The summed E-state index contributed by atoms with van der Waals surface area (Å²) in [5.41, 5.74) is 0.482. The van der Waals surface area contributed by atoms with E-state index >= 15 is 0 Å². The molecule has 2 bridgehead atoms. The van der Waals surface area contributed by atoms with Crippen LogP contribution in [0.5, 0.6) is 0 Å². The lowest BCUT2D eigenvalue weighted by atomic mass is 9.75. The molecule has 3 nitrogen and oxygen atoms in total. The lowest BCUT2D eigenvalue weighted by Gasteiger charge is -2.35. The Hall–Kier alpha value is -0.280. The second-order valence-electron chi connectivity index (χ2n) is 8.19. The smallest absolute Gasteiger partial charge is 0.220 e. The molecule has 0 aromatic heterocycles. The molecule has 2 aliphatic heterocycles. The monoisotopic (exact) mass is 314 g/mol. The van der Waals surface area contributed by atoms with Crippen LogP contribution in [0.1, 0.15) is 71.6 Å². The van der Waals surface area contributed by atoms with Crippen molar-refractivity contribution in [3.63, 3.8) is 0 Å². The van der Waals surface area contributed by atoms with Gasteiger partial charge < -0.3 is 10.6 Å². The highest BCUT2D eigenvalue weighted by Gasteiger charge is 2.34. The molecule has 122 valence electrons. The van der Waals surface area contributed by atoms with E-state index in [0.29, 0.717) is 35.4 Å². The minimum Gasteiger partial charge on any atom is -0.353 e. The number of hydrogen-bond acceptors (Lipinski definition) is 2. The molecule has 2 heterocycles. The van der Waals surface area contributed by atoms with E-state index in [-0.39, 0.29) is 12.4 Å². The van der Waals surface area contributed by atoms with Crippen molar-refractivity contribution in [1.82, 2.24) is 10.6 Å². The van der Waals surface area contributed by atoms with Crippen molar-refractivity contribution in [2.45, 2.75) is 89.8 Å². The average Bonchev–Trinajstić information content (AvgIpc) is 2.71. The number of piperidine rings is 1. The average molecular weight is 315 g/mol. The summed E-state index contributed by atoms with van der Waals surface area (Å²) in [5, 5.41) is 6.95. The van der Waals surface area contributed by atoms with Gasteiger partial charge in [-0.1, -0.05) is 13.8 Å². The standard InChI is InChI=1S/C17H30N2O.ClH/c1-17(2)7-5-13(6-8-17)19-16(20)11-12-9-14-3-4-15(10-12)18-14;/h12-15,18H,3-11H2,1-2H3,(H,19,20);1H. The quantitative estimate of drug-likeness (QED) is 0.838. The highest BCUT2D eigenvalue weighted by atomic mass is 35.5. The number of fused-ring (bicyclic) bond motifs is 2. The van der Waals surface area contributed by atoms with Crippen LogP contribution in [0, 0.1) is 11.3 Å². The number of carbonyl (C=O) groups excluding carboxylic acids is 1. The van der Waals surface area contributed by atoms with Gasteiger partial charge in [0.1, 0.15) is 0 Å². The van der Waals surface area contributed by atoms with E-state index < -0.39 is 0 Å². The van der Waals surface area contributed by atoms with Crippen molar-refractivity contribution >= 4 is 18.3 Å². The summed E-state index contributed by atoms with van der Waals surface area (Å²) in [6.45, 7) is 4.69. The van der Waals surface area contributed by atoms with Gasteiger partial charge in [0.25, 0.3) is 0 Å². The Morgan fingerprint density at radius 3 is 2.24 bits per heavy atom. The third-order valence-electron chi connectivity index (χ3n) is 5.75. The molecule has 2 N–H and O–H groups in total. The molecule has 0 radical (unpaired) electrons.